The van der Waals surface area contributed by atoms with Crippen LogP contribution in [0.3, 0.4) is 0 Å². The molecule has 1 spiro atoms. The molecule has 1 N–H and O–H groups in total. The van der Waals surface area contributed by atoms with Crippen LogP contribution in [0, 0.1) is 11.3 Å². The fourth-order valence-corrected chi connectivity index (χ4v) is 4.83. The highest BCUT2D eigenvalue weighted by Crippen LogP contribution is 2.38. The largest absolute Gasteiger partial charge is 0.462 e. The lowest BCUT2D eigenvalue weighted by molar-refractivity contribution is 0.0160. The zero-order valence-electron chi connectivity index (χ0n) is 17.5. The summed E-state index contributed by atoms with van der Waals surface area (Å²) in [6.07, 6.45) is 4.88. The van der Waals surface area contributed by atoms with E-state index in [1.54, 1.807) is 5.38 Å². The number of amides is 1. The molecule has 2 aromatic rings. The van der Waals surface area contributed by atoms with Crippen LogP contribution in [0.4, 0.5) is 0 Å². The van der Waals surface area contributed by atoms with E-state index in [0.29, 0.717) is 37.4 Å². The van der Waals surface area contributed by atoms with Gasteiger partial charge >= 0.3 is 5.97 Å². The Balaban J connectivity index is 1.52. The fourth-order valence-electron chi connectivity index (χ4n) is 4.32. The number of esters is 1. The maximum atomic E-state index is 12.9. The second kappa shape index (κ2) is 8.85. The summed E-state index contributed by atoms with van der Waals surface area (Å²) in [7, 11) is 0. The van der Waals surface area contributed by atoms with Crippen LogP contribution in [-0.4, -0.2) is 52.4 Å². The Bertz CT molecular complexity index is 903. The standard InChI is InChI=1S/C21H28N4O4S/c1-3-25-18-16(9-21(13-22-19(18)26)4-6-28-7-5-21)17(24-25)8-14(2)11-29-20(27)15-10-23-30-12-15/h10,12,14H,3-9,11,13H2,1-2H3,(H,22,26)/t14-/m1/s1. The third kappa shape index (κ3) is 4.27. The normalized spacial score (nSPS) is 19.1. The first-order chi connectivity index (χ1) is 14.5. The molecule has 4 rings (SSSR count). The molecule has 2 aromatic heterocycles. The summed E-state index contributed by atoms with van der Waals surface area (Å²) in [5.74, 6) is -0.311. The van der Waals surface area contributed by atoms with E-state index >= 15 is 0 Å². The first-order valence-corrected chi connectivity index (χ1v) is 11.4. The number of carbonyl (C=O) groups is 2. The van der Waals surface area contributed by atoms with Gasteiger partial charge in [0.25, 0.3) is 5.91 Å². The van der Waals surface area contributed by atoms with E-state index in [9.17, 15) is 9.59 Å². The Morgan fingerprint density at radius 2 is 2.23 bits per heavy atom. The van der Waals surface area contributed by atoms with Crippen LogP contribution in [0.5, 0.6) is 0 Å². The van der Waals surface area contributed by atoms with Crippen molar-refractivity contribution in [3.05, 3.63) is 34.1 Å². The van der Waals surface area contributed by atoms with E-state index < -0.39 is 0 Å². The van der Waals surface area contributed by atoms with Crippen LogP contribution in [0.2, 0.25) is 0 Å². The third-order valence-electron chi connectivity index (χ3n) is 6.09. The molecule has 1 saturated heterocycles. The first-order valence-electron chi connectivity index (χ1n) is 10.5. The van der Waals surface area contributed by atoms with Gasteiger partial charge in [-0.1, -0.05) is 6.92 Å². The van der Waals surface area contributed by atoms with Crippen molar-refractivity contribution in [2.24, 2.45) is 11.3 Å². The smallest absolute Gasteiger partial charge is 0.340 e. The van der Waals surface area contributed by atoms with Gasteiger partial charge in [-0.15, -0.1) is 0 Å². The highest BCUT2D eigenvalue weighted by Gasteiger charge is 2.39. The van der Waals surface area contributed by atoms with Crippen molar-refractivity contribution >= 4 is 23.4 Å². The molecule has 0 aromatic carbocycles. The molecule has 0 saturated carbocycles. The van der Waals surface area contributed by atoms with Crippen molar-refractivity contribution in [2.45, 2.75) is 46.1 Å². The molecule has 2 aliphatic heterocycles. The van der Waals surface area contributed by atoms with Crippen LogP contribution in [0.15, 0.2) is 11.6 Å². The number of carbonyl (C=O) groups excluding carboxylic acids is 2. The molecule has 162 valence electrons. The number of aromatic nitrogens is 3. The zero-order chi connectivity index (χ0) is 21.1. The molecule has 1 amide bonds. The Hall–Kier alpha value is -2.26. The molecule has 0 bridgehead atoms. The molecule has 0 aliphatic carbocycles. The number of aryl methyl sites for hydroxylation is 1. The van der Waals surface area contributed by atoms with Crippen molar-refractivity contribution in [1.82, 2.24) is 19.5 Å². The van der Waals surface area contributed by atoms with Crippen molar-refractivity contribution in [2.75, 3.05) is 26.4 Å². The average molecular weight is 433 g/mol. The molecule has 4 heterocycles. The molecule has 9 heteroatoms. The minimum Gasteiger partial charge on any atom is -0.462 e. The van der Waals surface area contributed by atoms with E-state index in [2.05, 4.69) is 9.69 Å². The molecule has 8 nitrogen and oxygen atoms in total. The van der Waals surface area contributed by atoms with Crippen LogP contribution in [0.25, 0.3) is 0 Å². The predicted octanol–water partition coefficient (Wildman–Crippen LogP) is 2.48. The SMILES string of the molecule is CCn1nc(C[C@@H](C)COC(=O)c2cnsc2)c2c1C(=O)NCC1(CCOCC1)C2. The number of rotatable bonds is 6. The summed E-state index contributed by atoms with van der Waals surface area (Å²) in [6.45, 7) is 7.11. The molecule has 1 atom stereocenters. The average Bonchev–Trinajstić information content (AvgIpc) is 3.37. The second-order valence-corrected chi connectivity index (χ2v) is 9.04. The van der Waals surface area contributed by atoms with E-state index in [-0.39, 0.29) is 23.2 Å². The zero-order valence-corrected chi connectivity index (χ0v) is 18.3. The lowest BCUT2D eigenvalue weighted by atomic mass is 9.75. The van der Waals surface area contributed by atoms with Crippen LogP contribution in [0.1, 0.15) is 58.8 Å². The van der Waals surface area contributed by atoms with Crippen molar-refractivity contribution < 1.29 is 19.1 Å². The van der Waals surface area contributed by atoms with Gasteiger partial charge in [0.15, 0.2) is 0 Å². The lowest BCUT2D eigenvalue weighted by Gasteiger charge is -2.36. The van der Waals surface area contributed by atoms with Gasteiger partial charge in [-0.3, -0.25) is 9.48 Å². The minimum atomic E-state index is -0.353. The summed E-state index contributed by atoms with van der Waals surface area (Å²) in [5, 5.41) is 9.58. The maximum Gasteiger partial charge on any atom is 0.340 e. The molecule has 1 fully saturated rings. The van der Waals surface area contributed by atoms with Gasteiger partial charge in [0.05, 0.1) is 24.1 Å². The summed E-state index contributed by atoms with van der Waals surface area (Å²) in [4.78, 5) is 25.0. The van der Waals surface area contributed by atoms with E-state index in [1.165, 1.54) is 17.7 Å². The highest BCUT2D eigenvalue weighted by atomic mass is 32.1. The molecular formula is C21H28N4O4S. The Morgan fingerprint density at radius 1 is 1.43 bits per heavy atom. The Kier molecular flexibility index (Phi) is 6.19. The predicted molar refractivity (Wildman–Crippen MR) is 112 cm³/mol. The molecule has 0 radical (unpaired) electrons. The number of ether oxygens (including phenoxy) is 2. The summed E-state index contributed by atoms with van der Waals surface area (Å²) in [6, 6.07) is 0. The third-order valence-corrected chi connectivity index (χ3v) is 6.67. The first kappa shape index (κ1) is 21.0. The van der Waals surface area contributed by atoms with Gasteiger partial charge in [0.1, 0.15) is 5.69 Å². The van der Waals surface area contributed by atoms with E-state index in [0.717, 1.165) is 43.7 Å². The Morgan fingerprint density at radius 3 is 2.93 bits per heavy atom. The number of hydrogen-bond donors (Lipinski definition) is 1. The Labute approximate surface area is 180 Å². The van der Waals surface area contributed by atoms with Gasteiger partial charge in [-0.05, 0) is 55.5 Å². The van der Waals surface area contributed by atoms with E-state index in [1.807, 2.05) is 18.5 Å². The molecule has 0 unspecified atom stereocenters. The van der Waals surface area contributed by atoms with Crippen molar-refractivity contribution in [1.29, 1.82) is 0 Å². The lowest BCUT2D eigenvalue weighted by Crippen LogP contribution is -2.40. The second-order valence-electron chi connectivity index (χ2n) is 8.38. The monoisotopic (exact) mass is 432 g/mol. The van der Waals surface area contributed by atoms with Gasteiger partial charge < -0.3 is 14.8 Å². The summed E-state index contributed by atoms with van der Waals surface area (Å²) in [5.41, 5.74) is 3.18. The van der Waals surface area contributed by atoms with Crippen molar-refractivity contribution in [3.8, 4) is 0 Å². The van der Waals surface area contributed by atoms with Gasteiger partial charge in [-0.2, -0.15) is 5.10 Å². The topological polar surface area (TPSA) is 95.3 Å². The van der Waals surface area contributed by atoms with Gasteiger partial charge in [-0.25, -0.2) is 9.17 Å². The van der Waals surface area contributed by atoms with Gasteiger partial charge in [0, 0.05) is 37.2 Å². The van der Waals surface area contributed by atoms with Crippen LogP contribution >= 0.6 is 11.5 Å². The minimum absolute atomic E-state index is 0.0250. The van der Waals surface area contributed by atoms with Gasteiger partial charge in [0.2, 0.25) is 0 Å². The van der Waals surface area contributed by atoms with E-state index in [4.69, 9.17) is 14.6 Å². The number of nitrogens with one attached hydrogen (secondary N) is 1. The van der Waals surface area contributed by atoms with Crippen LogP contribution < -0.4 is 5.32 Å². The summed E-state index contributed by atoms with van der Waals surface area (Å²) < 4.78 is 16.8. The fraction of sp³-hybridized carbons (Fsp3) is 0.619. The maximum absolute atomic E-state index is 12.9. The quantitative estimate of drug-likeness (QED) is 0.705. The summed E-state index contributed by atoms with van der Waals surface area (Å²) >= 11 is 1.23. The molecule has 2 aliphatic rings. The van der Waals surface area contributed by atoms with Crippen molar-refractivity contribution in [3.63, 3.8) is 0 Å². The number of nitrogens with zero attached hydrogens (tertiary/aromatic N) is 3. The number of hydrogen-bond acceptors (Lipinski definition) is 7. The number of fused-ring (bicyclic) bond motifs is 1. The van der Waals surface area contributed by atoms with Crippen LogP contribution in [-0.2, 0) is 28.9 Å². The highest BCUT2D eigenvalue weighted by molar-refractivity contribution is 7.03. The molecular weight excluding hydrogens is 404 g/mol. The molecule has 30 heavy (non-hydrogen) atoms.